The van der Waals surface area contributed by atoms with E-state index < -0.39 is 24.3 Å². The highest BCUT2D eigenvalue weighted by Crippen LogP contribution is 2.27. The standard InChI is InChI=1S/C27H34N4O5/c1-7-21-14-22(12-13-23(21)36-17(2)3)28-25-29-26(33)31(15-19(5)24(32)35-6)27(34)30(25)16-20-10-8-18(4)9-11-20/h7-14,17,19,27,34H,1,15-16H2,2-6H3,(H,28,29,33)/t19-,27?/m0/s1. The summed E-state index contributed by atoms with van der Waals surface area (Å²) in [5.74, 6) is -0.238. The highest BCUT2D eigenvalue weighted by molar-refractivity contribution is 5.99. The predicted molar refractivity (Wildman–Crippen MR) is 139 cm³/mol. The van der Waals surface area contributed by atoms with Crippen molar-refractivity contribution in [2.24, 2.45) is 10.9 Å². The van der Waals surface area contributed by atoms with Crippen molar-refractivity contribution in [1.29, 1.82) is 0 Å². The van der Waals surface area contributed by atoms with E-state index in [9.17, 15) is 14.7 Å². The number of benzene rings is 2. The van der Waals surface area contributed by atoms with Crippen molar-refractivity contribution in [2.75, 3.05) is 13.7 Å². The first-order chi connectivity index (χ1) is 17.1. The number of aryl methyl sites for hydroxylation is 1. The summed E-state index contributed by atoms with van der Waals surface area (Å²) in [4.78, 5) is 32.3. The quantitative estimate of drug-likeness (QED) is 0.510. The second kappa shape index (κ2) is 11.7. The molecule has 0 spiro atoms. The Kier molecular flexibility index (Phi) is 8.71. The maximum Gasteiger partial charge on any atom is 0.327 e. The number of nitrogens with one attached hydrogen (secondary N) is 1. The number of aliphatic hydroxyl groups excluding tert-OH is 1. The summed E-state index contributed by atoms with van der Waals surface area (Å²) < 4.78 is 10.6. The number of aliphatic hydroxyl groups is 1. The second-order valence-electron chi connectivity index (χ2n) is 8.99. The van der Waals surface area contributed by atoms with Gasteiger partial charge in [0.2, 0.25) is 12.3 Å². The Morgan fingerprint density at radius 3 is 2.50 bits per heavy atom. The predicted octanol–water partition coefficient (Wildman–Crippen LogP) is 4.03. The first-order valence-electron chi connectivity index (χ1n) is 11.8. The first kappa shape index (κ1) is 26.7. The van der Waals surface area contributed by atoms with Crippen LogP contribution in [0.2, 0.25) is 0 Å². The van der Waals surface area contributed by atoms with Gasteiger partial charge in [-0.1, -0.05) is 49.4 Å². The number of urea groups is 1. The molecule has 36 heavy (non-hydrogen) atoms. The average molecular weight is 495 g/mol. The third kappa shape index (κ3) is 6.42. The minimum atomic E-state index is -1.35. The highest BCUT2D eigenvalue weighted by Gasteiger charge is 2.38. The molecule has 192 valence electrons. The summed E-state index contributed by atoms with van der Waals surface area (Å²) >= 11 is 0. The SMILES string of the molecule is C=Cc1cc(N=C2NC(=O)N(C[C@H](C)C(=O)OC)C(O)N2Cc2ccc(C)cc2)ccc1OC(C)C. The van der Waals surface area contributed by atoms with E-state index >= 15 is 0 Å². The van der Waals surface area contributed by atoms with Gasteiger partial charge in [0.15, 0.2) is 0 Å². The number of methoxy groups -OCH3 is 1. The molecule has 9 nitrogen and oxygen atoms in total. The molecule has 1 unspecified atom stereocenters. The molecule has 1 aliphatic rings. The molecule has 3 rings (SSSR count). The van der Waals surface area contributed by atoms with E-state index in [1.165, 1.54) is 12.0 Å². The summed E-state index contributed by atoms with van der Waals surface area (Å²) in [6.07, 6.45) is 0.320. The number of aliphatic imine (C=N–C) groups is 1. The molecule has 2 aromatic carbocycles. The molecular formula is C27H34N4O5. The molecule has 0 radical (unpaired) electrons. The van der Waals surface area contributed by atoms with E-state index in [4.69, 9.17) is 9.47 Å². The first-order valence-corrected chi connectivity index (χ1v) is 11.8. The summed E-state index contributed by atoms with van der Waals surface area (Å²) in [6, 6.07) is 12.6. The molecule has 1 fully saturated rings. The van der Waals surface area contributed by atoms with Gasteiger partial charge in [0.25, 0.3) is 0 Å². The van der Waals surface area contributed by atoms with Crippen LogP contribution in [0.3, 0.4) is 0 Å². The molecule has 2 aromatic rings. The Morgan fingerprint density at radius 1 is 1.19 bits per heavy atom. The number of carbonyl (C=O) groups excluding carboxylic acids is 2. The van der Waals surface area contributed by atoms with Crippen LogP contribution in [-0.4, -0.2) is 59.0 Å². The number of hydrogen-bond donors (Lipinski definition) is 2. The Morgan fingerprint density at radius 2 is 1.89 bits per heavy atom. The van der Waals surface area contributed by atoms with E-state index in [1.54, 1.807) is 36.1 Å². The number of ether oxygens (including phenoxy) is 2. The average Bonchev–Trinajstić information content (AvgIpc) is 2.85. The smallest absolute Gasteiger partial charge is 0.327 e. The summed E-state index contributed by atoms with van der Waals surface area (Å²) in [5.41, 5.74) is 3.33. The van der Waals surface area contributed by atoms with Crippen LogP contribution in [0.15, 0.2) is 54.0 Å². The van der Waals surface area contributed by atoms with Gasteiger partial charge >= 0.3 is 12.0 Å². The third-order valence-corrected chi connectivity index (χ3v) is 5.67. The van der Waals surface area contributed by atoms with Gasteiger partial charge < -0.3 is 14.6 Å². The van der Waals surface area contributed by atoms with Crippen molar-refractivity contribution in [2.45, 2.75) is 46.7 Å². The van der Waals surface area contributed by atoms with Crippen LogP contribution in [0, 0.1) is 12.8 Å². The minimum absolute atomic E-state index is 0.00277. The van der Waals surface area contributed by atoms with Gasteiger partial charge in [0, 0.05) is 12.1 Å². The van der Waals surface area contributed by atoms with Crippen molar-refractivity contribution in [1.82, 2.24) is 15.1 Å². The van der Waals surface area contributed by atoms with Crippen LogP contribution in [0.4, 0.5) is 10.5 Å². The second-order valence-corrected chi connectivity index (χ2v) is 8.99. The zero-order valence-corrected chi connectivity index (χ0v) is 21.4. The Bertz CT molecular complexity index is 1130. The highest BCUT2D eigenvalue weighted by atomic mass is 16.5. The molecule has 2 atom stereocenters. The Hall–Kier alpha value is -3.85. The molecule has 1 saturated heterocycles. The van der Waals surface area contributed by atoms with E-state index in [0.29, 0.717) is 11.4 Å². The third-order valence-electron chi connectivity index (χ3n) is 5.67. The number of nitrogens with zero attached hydrogens (tertiary/aromatic N) is 3. The van der Waals surface area contributed by atoms with Crippen molar-refractivity contribution >= 4 is 29.7 Å². The van der Waals surface area contributed by atoms with Gasteiger partial charge in [0.05, 0.1) is 31.4 Å². The summed E-state index contributed by atoms with van der Waals surface area (Å²) in [6.45, 7) is 11.6. The molecule has 0 saturated carbocycles. The van der Waals surface area contributed by atoms with Crippen LogP contribution >= 0.6 is 0 Å². The molecule has 0 bridgehead atoms. The normalized spacial score (nSPS) is 17.7. The molecule has 1 aliphatic heterocycles. The summed E-state index contributed by atoms with van der Waals surface area (Å²) in [5, 5.41) is 14.0. The number of hydrogen-bond acceptors (Lipinski definition) is 6. The zero-order valence-electron chi connectivity index (χ0n) is 21.4. The molecule has 2 amide bonds. The Labute approximate surface area is 212 Å². The maximum absolute atomic E-state index is 13.0. The lowest BCUT2D eigenvalue weighted by Gasteiger charge is -2.42. The number of rotatable bonds is 9. The van der Waals surface area contributed by atoms with E-state index in [1.807, 2.05) is 45.0 Å². The maximum atomic E-state index is 13.0. The fourth-order valence-corrected chi connectivity index (χ4v) is 3.76. The van der Waals surface area contributed by atoms with E-state index in [-0.39, 0.29) is 25.2 Å². The molecule has 1 heterocycles. The zero-order chi connectivity index (χ0) is 26.4. The lowest BCUT2D eigenvalue weighted by molar-refractivity contribution is -0.147. The van der Waals surface area contributed by atoms with Gasteiger partial charge in [-0.3, -0.25) is 19.9 Å². The van der Waals surface area contributed by atoms with Crippen molar-refractivity contribution in [3.63, 3.8) is 0 Å². The topological polar surface area (TPSA) is 104 Å². The number of carbonyl (C=O) groups is 2. The molecule has 0 aromatic heterocycles. The van der Waals surface area contributed by atoms with Gasteiger partial charge in [-0.2, -0.15) is 0 Å². The largest absolute Gasteiger partial charge is 0.490 e. The van der Waals surface area contributed by atoms with Gasteiger partial charge in [-0.15, -0.1) is 0 Å². The minimum Gasteiger partial charge on any atom is -0.490 e. The van der Waals surface area contributed by atoms with E-state index in [0.717, 1.165) is 16.7 Å². The molecular weight excluding hydrogens is 460 g/mol. The molecule has 0 aliphatic carbocycles. The van der Waals surface area contributed by atoms with Crippen LogP contribution in [-0.2, 0) is 16.1 Å². The molecule has 9 heteroatoms. The number of amides is 2. The number of guanidine groups is 1. The lowest BCUT2D eigenvalue weighted by Crippen LogP contribution is -2.66. The van der Waals surface area contributed by atoms with Gasteiger partial charge in [-0.05, 0) is 44.5 Å². The van der Waals surface area contributed by atoms with E-state index in [2.05, 4.69) is 16.9 Å². The van der Waals surface area contributed by atoms with Crippen LogP contribution in [0.1, 0.15) is 37.5 Å². The molecule has 2 N–H and O–H groups in total. The van der Waals surface area contributed by atoms with Crippen molar-refractivity contribution < 1.29 is 24.2 Å². The Balaban J connectivity index is 1.97. The van der Waals surface area contributed by atoms with Crippen LogP contribution in [0.5, 0.6) is 5.75 Å². The number of esters is 1. The fraction of sp³-hybridized carbons (Fsp3) is 0.370. The van der Waals surface area contributed by atoms with Gasteiger partial charge in [-0.25, -0.2) is 9.79 Å². The summed E-state index contributed by atoms with van der Waals surface area (Å²) in [7, 11) is 1.29. The van der Waals surface area contributed by atoms with Gasteiger partial charge in [0.1, 0.15) is 5.75 Å². The lowest BCUT2D eigenvalue weighted by atomic mass is 10.1. The van der Waals surface area contributed by atoms with Crippen molar-refractivity contribution in [3.8, 4) is 5.75 Å². The monoisotopic (exact) mass is 494 g/mol. The fourth-order valence-electron chi connectivity index (χ4n) is 3.76. The van der Waals surface area contributed by atoms with Crippen LogP contribution < -0.4 is 10.1 Å². The van der Waals surface area contributed by atoms with Crippen molar-refractivity contribution in [3.05, 3.63) is 65.7 Å². The van der Waals surface area contributed by atoms with Crippen LogP contribution in [0.25, 0.3) is 6.08 Å².